The van der Waals surface area contributed by atoms with Gasteiger partial charge in [-0.2, -0.15) is 5.26 Å². The highest BCUT2D eigenvalue weighted by molar-refractivity contribution is 9.11. The molecule has 0 atom stereocenters. The van der Waals surface area contributed by atoms with Crippen LogP contribution in [0.3, 0.4) is 0 Å². The van der Waals surface area contributed by atoms with Crippen LogP contribution in [-0.2, 0) is 4.79 Å². The van der Waals surface area contributed by atoms with Gasteiger partial charge in [0.1, 0.15) is 24.0 Å². The lowest BCUT2D eigenvalue weighted by Crippen LogP contribution is -2.13. The van der Waals surface area contributed by atoms with Crippen LogP contribution in [0.5, 0.6) is 5.75 Å². The number of hydrogen-bond acceptors (Lipinski definition) is 3. The van der Waals surface area contributed by atoms with Crippen molar-refractivity contribution in [2.75, 3.05) is 11.9 Å². The topological polar surface area (TPSA) is 62.1 Å². The summed E-state index contributed by atoms with van der Waals surface area (Å²) in [6, 6.07) is 12.6. The van der Waals surface area contributed by atoms with Gasteiger partial charge in [-0.25, -0.2) is 0 Å². The maximum Gasteiger partial charge on any atom is 0.266 e. The number of benzene rings is 2. The Morgan fingerprint density at radius 1 is 1.23 bits per heavy atom. The van der Waals surface area contributed by atoms with Gasteiger partial charge in [0.05, 0.1) is 8.95 Å². The summed E-state index contributed by atoms with van der Waals surface area (Å²) in [7, 11) is 0. The van der Waals surface area contributed by atoms with Crippen molar-refractivity contribution in [3.8, 4) is 11.8 Å². The molecule has 2 rings (SSSR count). The Morgan fingerprint density at radius 3 is 2.50 bits per heavy atom. The second-order valence-electron chi connectivity index (χ2n) is 5.05. The lowest BCUT2D eigenvalue weighted by Gasteiger charge is -2.10. The van der Waals surface area contributed by atoms with Gasteiger partial charge in [-0.1, -0.05) is 34.7 Å². The average Bonchev–Trinajstić information content (AvgIpc) is 2.59. The number of hydrogen-bond donors (Lipinski definition) is 1. The summed E-state index contributed by atoms with van der Waals surface area (Å²) in [4.78, 5) is 12.4. The highest BCUT2D eigenvalue weighted by Crippen LogP contribution is 2.35. The summed E-state index contributed by atoms with van der Waals surface area (Å²) in [5, 5.41) is 12.1. The number of nitriles is 1. The summed E-state index contributed by atoms with van der Waals surface area (Å²) in [6.45, 7) is 3.98. The number of anilines is 1. The smallest absolute Gasteiger partial charge is 0.266 e. The number of rotatable bonds is 6. The Balaban J connectivity index is 2.26. The number of nitrogens with one attached hydrogen (secondary N) is 1. The molecule has 2 aromatic rings. The van der Waals surface area contributed by atoms with E-state index in [1.54, 1.807) is 36.4 Å². The Morgan fingerprint density at radius 2 is 1.92 bits per heavy atom. The summed E-state index contributed by atoms with van der Waals surface area (Å²) in [6.07, 6.45) is 3.16. The van der Waals surface area contributed by atoms with Crippen LogP contribution in [0.4, 0.5) is 5.69 Å². The van der Waals surface area contributed by atoms with Crippen molar-refractivity contribution in [1.82, 2.24) is 0 Å². The first-order valence-corrected chi connectivity index (χ1v) is 9.74. The second-order valence-corrected chi connectivity index (χ2v) is 7.67. The molecule has 1 N–H and O–H groups in total. The van der Waals surface area contributed by atoms with E-state index in [9.17, 15) is 10.1 Å². The van der Waals surface area contributed by atoms with E-state index < -0.39 is 5.91 Å². The van der Waals surface area contributed by atoms with E-state index in [-0.39, 0.29) is 5.57 Å². The summed E-state index contributed by atoms with van der Waals surface area (Å²) in [5.74, 6) is 0.143. The minimum atomic E-state index is -0.482. The molecule has 0 spiro atoms. The standard InChI is InChI=1S/C19H13Br3N2O2/c1-2-6-26-18-16(21)8-12(9-17(18)22)7-13(11-23)19(25)24-15-5-3-4-14(20)10-15/h2-5,7-10H,1,6H2,(H,24,25)/b13-7+. The zero-order chi connectivity index (χ0) is 19.1. The van der Waals surface area contributed by atoms with Gasteiger partial charge in [0.15, 0.2) is 0 Å². The molecular weight excluding hydrogens is 528 g/mol. The van der Waals surface area contributed by atoms with Gasteiger partial charge >= 0.3 is 0 Å². The van der Waals surface area contributed by atoms with Crippen molar-refractivity contribution in [1.29, 1.82) is 5.26 Å². The molecule has 0 unspecified atom stereocenters. The number of halogens is 3. The first kappa shape index (κ1) is 20.4. The third-order valence-electron chi connectivity index (χ3n) is 3.12. The van der Waals surface area contributed by atoms with Crippen LogP contribution >= 0.6 is 47.8 Å². The van der Waals surface area contributed by atoms with Crippen molar-refractivity contribution in [2.24, 2.45) is 0 Å². The van der Waals surface area contributed by atoms with Crippen LogP contribution in [0.2, 0.25) is 0 Å². The van der Waals surface area contributed by atoms with E-state index in [1.165, 1.54) is 6.08 Å². The van der Waals surface area contributed by atoms with Gasteiger partial charge in [0, 0.05) is 10.2 Å². The van der Waals surface area contributed by atoms with Crippen LogP contribution in [0.15, 0.2) is 68.0 Å². The number of carbonyl (C=O) groups excluding carboxylic acids is 1. The zero-order valence-electron chi connectivity index (χ0n) is 13.4. The monoisotopic (exact) mass is 538 g/mol. The molecule has 26 heavy (non-hydrogen) atoms. The highest BCUT2D eigenvalue weighted by Gasteiger charge is 2.12. The van der Waals surface area contributed by atoms with Crippen molar-refractivity contribution < 1.29 is 9.53 Å². The van der Waals surface area contributed by atoms with Crippen molar-refractivity contribution in [3.05, 3.63) is 73.6 Å². The molecule has 2 aromatic carbocycles. The molecule has 0 aliphatic rings. The molecule has 0 aliphatic heterocycles. The van der Waals surface area contributed by atoms with E-state index in [2.05, 4.69) is 59.7 Å². The van der Waals surface area contributed by atoms with Crippen molar-refractivity contribution in [3.63, 3.8) is 0 Å². The van der Waals surface area contributed by atoms with Gasteiger partial charge in [-0.05, 0) is 73.8 Å². The molecule has 0 saturated heterocycles. The van der Waals surface area contributed by atoms with Gasteiger partial charge in [-0.15, -0.1) is 0 Å². The predicted octanol–water partition coefficient (Wildman–Crippen LogP) is 6.08. The third kappa shape index (κ3) is 5.56. The lowest BCUT2D eigenvalue weighted by atomic mass is 10.1. The molecule has 0 fully saturated rings. The van der Waals surface area contributed by atoms with E-state index in [1.807, 2.05) is 12.1 Å². The Hall–Kier alpha value is -1.88. The number of nitrogens with zero attached hydrogens (tertiary/aromatic N) is 1. The van der Waals surface area contributed by atoms with Crippen molar-refractivity contribution in [2.45, 2.75) is 0 Å². The van der Waals surface area contributed by atoms with Crippen LogP contribution in [0.25, 0.3) is 6.08 Å². The molecule has 0 heterocycles. The quantitative estimate of drug-likeness (QED) is 0.274. The van der Waals surface area contributed by atoms with Gasteiger partial charge in [0.25, 0.3) is 5.91 Å². The maximum atomic E-state index is 12.4. The molecular formula is C19H13Br3N2O2. The molecule has 132 valence electrons. The van der Waals surface area contributed by atoms with Crippen LogP contribution in [-0.4, -0.2) is 12.5 Å². The molecule has 0 radical (unpaired) electrons. The molecule has 0 aromatic heterocycles. The average molecular weight is 541 g/mol. The summed E-state index contributed by atoms with van der Waals surface area (Å²) in [5.41, 5.74) is 1.26. The summed E-state index contributed by atoms with van der Waals surface area (Å²) >= 11 is 10.2. The molecule has 0 aliphatic carbocycles. The number of amides is 1. The minimum absolute atomic E-state index is 0.0106. The van der Waals surface area contributed by atoms with Gasteiger partial charge in [0.2, 0.25) is 0 Å². The second kappa shape index (κ2) is 9.72. The lowest BCUT2D eigenvalue weighted by molar-refractivity contribution is -0.112. The zero-order valence-corrected chi connectivity index (χ0v) is 18.2. The fourth-order valence-electron chi connectivity index (χ4n) is 2.02. The molecule has 4 nitrogen and oxygen atoms in total. The van der Waals surface area contributed by atoms with Crippen LogP contribution in [0, 0.1) is 11.3 Å². The van der Waals surface area contributed by atoms with E-state index in [0.29, 0.717) is 32.6 Å². The Bertz CT molecular complexity index is 894. The highest BCUT2D eigenvalue weighted by atomic mass is 79.9. The molecule has 7 heteroatoms. The SMILES string of the molecule is C=CCOc1c(Br)cc(/C=C(\C#N)C(=O)Nc2cccc(Br)c2)cc1Br. The largest absolute Gasteiger partial charge is 0.487 e. The molecule has 0 bridgehead atoms. The van der Waals surface area contributed by atoms with Gasteiger partial charge < -0.3 is 10.1 Å². The maximum absolute atomic E-state index is 12.4. The van der Waals surface area contributed by atoms with Crippen LogP contribution < -0.4 is 10.1 Å². The van der Waals surface area contributed by atoms with Crippen molar-refractivity contribution >= 4 is 65.5 Å². The number of carbonyl (C=O) groups is 1. The first-order valence-electron chi connectivity index (χ1n) is 7.36. The fraction of sp³-hybridized carbons (Fsp3) is 0.0526. The normalized spacial score (nSPS) is 10.8. The summed E-state index contributed by atoms with van der Waals surface area (Å²) < 4.78 is 7.79. The van der Waals surface area contributed by atoms with Gasteiger partial charge in [-0.3, -0.25) is 4.79 Å². The fourth-order valence-corrected chi connectivity index (χ4v) is 3.87. The molecule has 0 saturated carbocycles. The number of ether oxygens (including phenoxy) is 1. The third-order valence-corrected chi connectivity index (χ3v) is 4.80. The first-order chi connectivity index (χ1) is 12.4. The van der Waals surface area contributed by atoms with E-state index in [4.69, 9.17) is 4.74 Å². The van der Waals surface area contributed by atoms with E-state index in [0.717, 1.165) is 4.47 Å². The van der Waals surface area contributed by atoms with Crippen LogP contribution in [0.1, 0.15) is 5.56 Å². The van der Waals surface area contributed by atoms with E-state index >= 15 is 0 Å². The molecule has 1 amide bonds. The predicted molar refractivity (Wildman–Crippen MR) is 114 cm³/mol. The minimum Gasteiger partial charge on any atom is -0.487 e. The Kier molecular flexibility index (Phi) is 7.64. The Labute approximate surface area is 176 Å².